The molecule has 2 N–H and O–H groups in total. The van der Waals surface area contributed by atoms with E-state index in [1.807, 2.05) is 42.5 Å². The van der Waals surface area contributed by atoms with Gasteiger partial charge in [-0.1, -0.05) is 42.5 Å². The van der Waals surface area contributed by atoms with Crippen molar-refractivity contribution in [2.45, 2.75) is 6.92 Å². The van der Waals surface area contributed by atoms with E-state index in [0.717, 1.165) is 11.1 Å². The molecule has 3 rings (SSSR count). The molecule has 0 unspecified atom stereocenters. The average molecular weight is 320 g/mol. The van der Waals surface area contributed by atoms with Gasteiger partial charge in [0.1, 0.15) is 5.76 Å². The van der Waals surface area contributed by atoms with Crippen LogP contribution in [0.15, 0.2) is 71.3 Å². The summed E-state index contributed by atoms with van der Waals surface area (Å²) in [5, 5.41) is 0. The summed E-state index contributed by atoms with van der Waals surface area (Å²) < 4.78 is 5.06. The Kier molecular flexibility index (Phi) is 4.43. The van der Waals surface area contributed by atoms with Gasteiger partial charge in [0, 0.05) is 5.56 Å². The topological polar surface area (TPSA) is 71.3 Å². The van der Waals surface area contributed by atoms with Crippen molar-refractivity contribution >= 4 is 11.8 Å². The summed E-state index contributed by atoms with van der Waals surface area (Å²) in [4.78, 5) is 24.0. The minimum absolute atomic E-state index is 0.384. The Morgan fingerprint density at radius 3 is 2.04 bits per heavy atom. The van der Waals surface area contributed by atoms with Crippen LogP contribution in [0.3, 0.4) is 0 Å². The fraction of sp³-hybridized carbons (Fsp3) is 0.0526. The van der Waals surface area contributed by atoms with E-state index < -0.39 is 5.91 Å². The Bertz CT molecular complexity index is 852. The van der Waals surface area contributed by atoms with Crippen molar-refractivity contribution < 1.29 is 14.0 Å². The molecule has 0 radical (unpaired) electrons. The summed E-state index contributed by atoms with van der Waals surface area (Å²) in [6.07, 6.45) is 1.42. The van der Waals surface area contributed by atoms with Crippen LogP contribution < -0.4 is 10.9 Å². The van der Waals surface area contributed by atoms with E-state index in [2.05, 4.69) is 10.9 Å². The first-order valence-electron chi connectivity index (χ1n) is 7.45. The van der Waals surface area contributed by atoms with Crippen LogP contribution in [0.1, 0.15) is 26.5 Å². The largest absolute Gasteiger partial charge is 0.469 e. The lowest BCUT2D eigenvalue weighted by molar-refractivity contribution is 0.0845. The third-order valence-electron chi connectivity index (χ3n) is 3.65. The Labute approximate surface area is 139 Å². The lowest BCUT2D eigenvalue weighted by atomic mass is 10.0. The van der Waals surface area contributed by atoms with Gasteiger partial charge in [0.25, 0.3) is 11.8 Å². The Balaban J connectivity index is 1.63. The fourth-order valence-electron chi connectivity index (χ4n) is 2.32. The molecule has 0 bridgehead atoms. The van der Waals surface area contributed by atoms with Crippen molar-refractivity contribution in [2.24, 2.45) is 0 Å². The second-order valence-corrected chi connectivity index (χ2v) is 5.24. The van der Waals surface area contributed by atoms with Crippen LogP contribution in [0.5, 0.6) is 0 Å². The highest BCUT2D eigenvalue weighted by molar-refractivity contribution is 5.99. The predicted octanol–water partition coefficient (Wildman–Crippen LogP) is 3.33. The van der Waals surface area contributed by atoms with Gasteiger partial charge < -0.3 is 4.42 Å². The number of aryl methyl sites for hydroxylation is 1. The third-order valence-corrected chi connectivity index (χ3v) is 3.65. The summed E-state index contributed by atoms with van der Waals surface area (Å²) in [7, 11) is 0. The molecular formula is C19H16N2O3. The summed E-state index contributed by atoms with van der Waals surface area (Å²) in [6.45, 7) is 1.68. The molecule has 0 fully saturated rings. The summed E-state index contributed by atoms with van der Waals surface area (Å²) >= 11 is 0. The maximum absolute atomic E-state index is 12.1. The molecular weight excluding hydrogens is 304 g/mol. The average Bonchev–Trinajstić information content (AvgIpc) is 3.06. The molecule has 120 valence electrons. The number of benzene rings is 2. The van der Waals surface area contributed by atoms with Crippen molar-refractivity contribution in [3.8, 4) is 11.1 Å². The zero-order valence-corrected chi connectivity index (χ0v) is 13.1. The highest BCUT2D eigenvalue weighted by atomic mass is 16.3. The first kappa shape index (κ1) is 15.6. The molecule has 0 saturated carbocycles. The van der Waals surface area contributed by atoms with Gasteiger partial charge in [-0.2, -0.15) is 0 Å². The SMILES string of the molecule is Cc1occc1C(=O)NNC(=O)c1ccc(-c2ccccc2)cc1. The Morgan fingerprint density at radius 2 is 1.42 bits per heavy atom. The van der Waals surface area contributed by atoms with Gasteiger partial charge in [-0.25, -0.2) is 0 Å². The molecule has 3 aromatic rings. The number of amides is 2. The van der Waals surface area contributed by atoms with Crippen molar-refractivity contribution in [2.75, 3.05) is 0 Å². The summed E-state index contributed by atoms with van der Waals surface area (Å²) in [6, 6.07) is 18.6. The lowest BCUT2D eigenvalue weighted by Crippen LogP contribution is -2.41. The molecule has 0 aliphatic rings. The van der Waals surface area contributed by atoms with Gasteiger partial charge in [-0.15, -0.1) is 0 Å². The van der Waals surface area contributed by atoms with Gasteiger partial charge in [0.2, 0.25) is 0 Å². The zero-order chi connectivity index (χ0) is 16.9. The van der Waals surface area contributed by atoms with Crippen molar-refractivity contribution in [3.63, 3.8) is 0 Å². The van der Waals surface area contributed by atoms with Gasteiger partial charge in [0.15, 0.2) is 0 Å². The van der Waals surface area contributed by atoms with Crippen LogP contribution >= 0.6 is 0 Å². The number of hydrogen-bond acceptors (Lipinski definition) is 3. The molecule has 5 heteroatoms. The lowest BCUT2D eigenvalue weighted by Gasteiger charge is -2.08. The predicted molar refractivity (Wildman–Crippen MR) is 90.3 cm³/mol. The van der Waals surface area contributed by atoms with E-state index in [1.165, 1.54) is 6.26 Å². The van der Waals surface area contributed by atoms with Crippen molar-refractivity contribution in [1.82, 2.24) is 10.9 Å². The standard InChI is InChI=1S/C19H16N2O3/c1-13-17(11-12-24-13)19(23)21-20-18(22)16-9-7-15(8-10-16)14-5-3-2-4-6-14/h2-12H,1H3,(H,20,22)(H,21,23). The molecule has 0 aliphatic carbocycles. The highest BCUT2D eigenvalue weighted by Gasteiger charge is 2.13. The maximum Gasteiger partial charge on any atom is 0.273 e. The third kappa shape index (κ3) is 3.35. The van der Waals surface area contributed by atoms with E-state index in [4.69, 9.17) is 4.42 Å². The number of carbonyl (C=O) groups is 2. The van der Waals surface area contributed by atoms with Gasteiger partial charge in [0.05, 0.1) is 11.8 Å². The smallest absolute Gasteiger partial charge is 0.273 e. The number of carbonyl (C=O) groups excluding carboxylic acids is 2. The van der Waals surface area contributed by atoms with Crippen molar-refractivity contribution in [3.05, 3.63) is 83.8 Å². The van der Waals surface area contributed by atoms with Crippen LogP contribution in [0.4, 0.5) is 0 Å². The minimum Gasteiger partial charge on any atom is -0.469 e. The zero-order valence-electron chi connectivity index (χ0n) is 13.1. The molecule has 0 saturated heterocycles. The van der Waals surface area contributed by atoms with Crippen LogP contribution in [-0.2, 0) is 0 Å². The van der Waals surface area contributed by atoms with Gasteiger partial charge >= 0.3 is 0 Å². The number of hydrazine groups is 1. The minimum atomic E-state index is -0.421. The van der Waals surface area contributed by atoms with E-state index in [-0.39, 0.29) is 5.91 Å². The van der Waals surface area contributed by atoms with Gasteiger partial charge in [-0.05, 0) is 36.2 Å². The second-order valence-electron chi connectivity index (χ2n) is 5.24. The number of rotatable bonds is 3. The van der Waals surface area contributed by atoms with Crippen molar-refractivity contribution in [1.29, 1.82) is 0 Å². The first-order valence-corrected chi connectivity index (χ1v) is 7.45. The quantitative estimate of drug-likeness (QED) is 0.727. The fourth-order valence-corrected chi connectivity index (χ4v) is 2.32. The summed E-state index contributed by atoms with van der Waals surface area (Å²) in [5.41, 5.74) is 7.70. The number of nitrogens with one attached hydrogen (secondary N) is 2. The van der Waals surface area contributed by atoms with Crippen LogP contribution in [-0.4, -0.2) is 11.8 Å². The second kappa shape index (κ2) is 6.83. The molecule has 0 atom stereocenters. The maximum atomic E-state index is 12.1. The molecule has 24 heavy (non-hydrogen) atoms. The Hall–Kier alpha value is -3.34. The van der Waals surface area contributed by atoms with Crippen LogP contribution in [0, 0.1) is 6.92 Å². The highest BCUT2D eigenvalue weighted by Crippen LogP contribution is 2.19. The van der Waals surface area contributed by atoms with E-state index in [0.29, 0.717) is 16.9 Å². The normalized spacial score (nSPS) is 10.2. The number of furan rings is 1. The van der Waals surface area contributed by atoms with Crippen LogP contribution in [0.2, 0.25) is 0 Å². The van der Waals surface area contributed by atoms with Gasteiger partial charge in [-0.3, -0.25) is 20.4 Å². The first-order chi connectivity index (χ1) is 11.6. The molecule has 5 nitrogen and oxygen atoms in total. The monoisotopic (exact) mass is 320 g/mol. The molecule has 1 heterocycles. The Morgan fingerprint density at radius 1 is 0.792 bits per heavy atom. The van der Waals surface area contributed by atoms with E-state index >= 15 is 0 Å². The van der Waals surface area contributed by atoms with Crippen LogP contribution in [0.25, 0.3) is 11.1 Å². The molecule has 0 spiro atoms. The molecule has 2 amide bonds. The van der Waals surface area contributed by atoms with E-state index in [1.54, 1.807) is 25.1 Å². The molecule has 2 aromatic carbocycles. The summed E-state index contributed by atoms with van der Waals surface area (Å²) in [5.74, 6) is -0.312. The molecule has 0 aliphatic heterocycles. The number of hydrogen-bond donors (Lipinski definition) is 2. The molecule has 1 aromatic heterocycles. The van der Waals surface area contributed by atoms with E-state index in [9.17, 15) is 9.59 Å².